The van der Waals surface area contributed by atoms with Crippen molar-refractivity contribution >= 4 is 15.9 Å². The van der Waals surface area contributed by atoms with E-state index in [1.807, 2.05) is 12.1 Å². The molecule has 2 aromatic carbocycles. The van der Waals surface area contributed by atoms with E-state index < -0.39 is 0 Å². The molecule has 21 heavy (non-hydrogen) atoms. The Morgan fingerprint density at radius 3 is 2.48 bits per heavy atom. The topological polar surface area (TPSA) is 35.2 Å². The molecule has 2 aromatic rings. The van der Waals surface area contributed by atoms with Gasteiger partial charge in [-0.25, -0.2) is 0 Å². The lowest BCUT2D eigenvalue weighted by atomic mass is 9.97. The quantitative estimate of drug-likeness (QED) is 0.880. The zero-order valence-electron chi connectivity index (χ0n) is 12.8. The maximum atomic E-state index is 6.33. The Labute approximate surface area is 135 Å². The van der Waals surface area contributed by atoms with Gasteiger partial charge in [-0.05, 0) is 67.1 Å². The molecule has 0 bridgehead atoms. The summed E-state index contributed by atoms with van der Waals surface area (Å²) in [5.74, 6) is 0.897. The number of methoxy groups -OCH3 is 1. The Morgan fingerprint density at radius 2 is 1.81 bits per heavy atom. The van der Waals surface area contributed by atoms with Crippen molar-refractivity contribution < 1.29 is 4.74 Å². The smallest absolute Gasteiger partial charge is 0.122 e. The molecule has 0 saturated carbocycles. The standard InChI is InChI=1S/C18H22BrNO/c1-12-4-5-14(8-13(12)2)9-17(20)11-15-10-16(19)6-7-18(15)21-3/h4-8,10,17H,9,11,20H2,1-3H3. The van der Waals surface area contributed by atoms with Crippen molar-refractivity contribution in [2.75, 3.05) is 7.11 Å². The number of hydrogen-bond donors (Lipinski definition) is 1. The largest absolute Gasteiger partial charge is 0.496 e. The molecule has 0 amide bonds. The van der Waals surface area contributed by atoms with Gasteiger partial charge in [-0.3, -0.25) is 0 Å². The van der Waals surface area contributed by atoms with Crippen LogP contribution in [0.4, 0.5) is 0 Å². The number of hydrogen-bond acceptors (Lipinski definition) is 2. The predicted octanol–water partition coefficient (Wildman–Crippen LogP) is 4.19. The Morgan fingerprint density at radius 1 is 1.05 bits per heavy atom. The molecule has 2 N–H and O–H groups in total. The van der Waals surface area contributed by atoms with Crippen LogP contribution in [0.5, 0.6) is 5.75 Å². The van der Waals surface area contributed by atoms with Crippen LogP contribution in [-0.4, -0.2) is 13.2 Å². The highest BCUT2D eigenvalue weighted by molar-refractivity contribution is 9.10. The molecule has 0 aliphatic carbocycles. The Balaban J connectivity index is 2.09. The van der Waals surface area contributed by atoms with Crippen LogP contribution in [0.2, 0.25) is 0 Å². The SMILES string of the molecule is COc1ccc(Br)cc1CC(N)Cc1ccc(C)c(C)c1. The van der Waals surface area contributed by atoms with Gasteiger partial charge in [0, 0.05) is 10.5 Å². The normalized spacial score (nSPS) is 12.2. The third-order valence-corrected chi connectivity index (χ3v) is 4.29. The number of ether oxygens (including phenoxy) is 1. The summed E-state index contributed by atoms with van der Waals surface area (Å²) >= 11 is 3.50. The molecule has 2 nitrogen and oxygen atoms in total. The van der Waals surface area contributed by atoms with Crippen LogP contribution in [0, 0.1) is 13.8 Å². The summed E-state index contributed by atoms with van der Waals surface area (Å²) in [6.45, 7) is 4.27. The summed E-state index contributed by atoms with van der Waals surface area (Å²) in [6.07, 6.45) is 1.67. The molecule has 0 spiro atoms. The maximum Gasteiger partial charge on any atom is 0.122 e. The first-order valence-corrected chi connectivity index (χ1v) is 7.93. The highest BCUT2D eigenvalue weighted by Gasteiger charge is 2.10. The van der Waals surface area contributed by atoms with E-state index in [-0.39, 0.29) is 6.04 Å². The number of aryl methyl sites for hydroxylation is 2. The highest BCUT2D eigenvalue weighted by Crippen LogP contribution is 2.24. The predicted molar refractivity (Wildman–Crippen MR) is 92.0 cm³/mol. The van der Waals surface area contributed by atoms with Gasteiger partial charge < -0.3 is 10.5 Å². The Kier molecular flexibility index (Phi) is 5.43. The summed E-state index contributed by atoms with van der Waals surface area (Å²) < 4.78 is 6.46. The molecule has 0 aliphatic heterocycles. The van der Waals surface area contributed by atoms with Gasteiger partial charge in [0.1, 0.15) is 5.75 Å². The summed E-state index contributed by atoms with van der Waals surface area (Å²) in [6, 6.07) is 12.7. The van der Waals surface area contributed by atoms with Crippen molar-refractivity contribution in [3.8, 4) is 5.75 Å². The molecule has 0 saturated heterocycles. The average molecular weight is 348 g/mol. The van der Waals surface area contributed by atoms with E-state index in [4.69, 9.17) is 10.5 Å². The minimum absolute atomic E-state index is 0.0790. The zero-order valence-corrected chi connectivity index (χ0v) is 14.4. The van der Waals surface area contributed by atoms with Crippen LogP contribution in [-0.2, 0) is 12.8 Å². The molecule has 1 atom stereocenters. The monoisotopic (exact) mass is 347 g/mol. The number of halogens is 1. The lowest BCUT2D eigenvalue weighted by molar-refractivity contribution is 0.407. The first kappa shape index (κ1) is 16.1. The minimum Gasteiger partial charge on any atom is -0.496 e. The van der Waals surface area contributed by atoms with Crippen molar-refractivity contribution in [1.29, 1.82) is 0 Å². The van der Waals surface area contributed by atoms with Gasteiger partial charge in [-0.15, -0.1) is 0 Å². The van der Waals surface area contributed by atoms with Crippen molar-refractivity contribution in [2.24, 2.45) is 5.73 Å². The van der Waals surface area contributed by atoms with Gasteiger partial charge in [-0.1, -0.05) is 34.1 Å². The molecular formula is C18H22BrNO. The molecule has 0 aliphatic rings. The van der Waals surface area contributed by atoms with Gasteiger partial charge in [0.15, 0.2) is 0 Å². The van der Waals surface area contributed by atoms with Crippen LogP contribution in [0.3, 0.4) is 0 Å². The first-order valence-electron chi connectivity index (χ1n) is 7.13. The zero-order chi connectivity index (χ0) is 15.4. The molecule has 0 aromatic heterocycles. The van der Waals surface area contributed by atoms with Crippen molar-refractivity contribution in [1.82, 2.24) is 0 Å². The van der Waals surface area contributed by atoms with E-state index in [0.29, 0.717) is 0 Å². The van der Waals surface area contributed by atoms with E-state index >= 15 is 0 Å². The van der Waals surface area contributed by atoms with Crippen molar-refractivity contribution in [2.45, 2.75) is 32.7 Å². The Hall–Kier alpha value is -1.32. The first-order chi connectivity index (χ1) is 9.99. The molecular weight excluding hydrogens is 326 g/mol. The molecule has 2 rings (SSSR count). The van der Waals surface area contributed by atoms with Gasteiger partial charge in [0.25, 0.3) is 0 Å². The molecule has 1 unspecified atom stereocenters. The van der Waals surface area contributed by atoms with E-state index in [0.717, 1.165) is 28.6 Å². The fourth-order valence-electron chi connectivity index (χ4n) is 2.49. The Bertz CT molecular complexity index is 625. The van der Waals surface area contributed by atoms with Crippen molar-refractivity contribution in [3.05, 3.63) is 63.1 Å². The number of rotatable bonds is 5. The van der Waals surface area contributed by atoms with Crippen molar-refractivity contribution in [3.63, 3.8) is 0 Å². The second kappa shape index (κ2) is 7.10. The second-order valence-electron chi connectivity index (χ2n) is 5.54. The molecule has 0 radical (unpaired) electrons. The summed E-state index contributed by atoms with van der Waals surface area (Å²) in [7, 11) is 1.70. The van der Waals surface area contributed by atoms with Crippen LogP contribution >= 0.6 is 15.9 Å². The number of benzene rings is 2. The fourth-order valence-corrected chi connectivity index (χ4v) is 2.90. The fraction of sp³-hybridized carbons (Fsp3) is 0.333. The summed E-state index contributed by atoms with van der Waals surface area (Å²) in [5.41, 5.74) is 11.4. The van der Waals surface area contributed by atoms with E-state index in [1.165, 1.54) is 16.7 Å². The van der Waals surface area contributed by atoms with Gasteiger partial charge in [0.2, 0.25) is 0 Å². The van der Waals surface area contributed by atoms with E-state index in [2.05, 4.69) is 54.0 Å². The van der Waals surface area contributed by atoms with E-state index in [9.17, 15) is 0 Å². The summed E-state index contributed by atoms with van der Waals surface area (Å²) in [5, 5.41) is 0. The molecule has 0 fully saturated rings. The van der Waals surface area contributed by atoms with Crippen LogP contribution in [0.15, 0.2) is 40.9 Å². The maximum absolute atomic E-state index is 6.33. The highest BCUT2D eigenvalue weighted by atomic mass is 79.9. The molecule has 112 valence electrons. The van der Waals surface area contributed by atoms with Crippen LogP contribution < -0.4 is 10.5 Å². The molecule has 0 heterocycles. The lowest BCUT2D eigenvalue weighted by Gasteiger charge is -2.15. The summed E-state index contributed by atoms with van der Waals surface area (Å²) in [4.78, 5) is 0. The van der Waals surface area contributed by atoms with Gasteiger partial charge in [0.05, 0.1) is 7.11 Å². The van der Waals surface area contributed by atoms with Crippen LogP contribution in [0.1, 0.15) is 22.3 Å². The van der Waals surface area contributed by atoms with Gasteiger partial charge >= 0.3 is 0 Å². The van der Waals surface area contributed by atoms with Crippen LogP contribution in [0.25, 0.3) is 0 Å². The minimum atomic E-state index is 0.0790. The molecule has 3 heteroatoms. The second-order valence-corrected chi connectivity index (χ2v) is 6.46. The third-order valence-electron chi connectivity index (χ3n) is 3.79. The average Bonchev–Trinajstić information content (AvgIpc) is 2.43. The third kappa shape index (κ3) is 4.32. The number of nitrogens with two attached hydrogens (primary N) is 1. The van der Waals surface area contributed by atoms with Gasteiger partial charge in [-0.2, -0.15) is 0 Å². The lowest BCUT2D eigenvalue weighted by Crippen LogP contribution is -2.25. The van der Waals surface area contributed by atoms with E-state index in [1.54, 1.807) is 7.11 Å².